The zero-order valence-corrected chi connectivity index (χ0v) is 17.1. The molecule has 135 valence electrons. The van der Waals surface area contributed by atoms with Crippen LogP contribution in [0.2, 0.25) is 0 Å². The number of hydrogen-bond acceptors (Lipinski definition) is 2. The summed E-state index contributed by atoms with van der Waals surface area (Å²) in [4.78, 5) is 0. The van der Waals surface area contributed by atoms with Gasteiger partial charge in [-0.05, 0) is 0 Å². The molecule has 1 aliphatic carbocycles. The second kappa shape index (κ2) is 7.78. The SMILES string of the molecule is CC1=C[CH]([Zr]([O]c2ccccc2F)[O]c2ccccc2F)c2ccccc21. The van der Waals surface area contributed by atoms with Crippen LogP contribution in [-0.4, -0.2) is 0 Å². The third-order valence-corrected chi connectivity index (χ3v) is 8.98. The Morgan fingerprint density at radius 3 is 1.85 bits per heavy atom. The van der Waals surface area contributed by atoms with E-state index in [1.807, 2.05) is 31.2 Å². The molecule has 0 fully saturated rings. The number of hydrogen-bond donors (Lipinski definition) is 0. The van der Waals surface area contributed by atoms with Gasteiger partial charge in [0.2, 0.25) is 0 Å². The van der Waals surface area contributed by atoms with Gasteiger partial charge in [0.1, 0.15) is 0 Å². The van der Waals surface area contributed by atoms with Crippen LogP contribution in [0, 0.1) is 11.6 Å². The first kappa shape index (κ1) is 18.1. The fourth-order valence-electron chi connectivity index (χ4n) is 3.17. The predicted molar refractivity (Wildman–Crippen MR) is 96.9 cm³/mol. The molecule has 0 aromatic heterocycles. The van der Waals surface area contributed by atoms with Gasteiger partial charge in [-0.3, -0.25) is 0 Å². The minimum absolute atomic E-state index is 0.0946. The molecule has 1 atom stereocenters. The quantitative estimate of drug-likeness (QED) is 0.480. The molecule has 1 unspecified atom stereocenters. The van der Waals surface area contributed by atoms with Gasteiger partial charge in [0.15, 0.2) is 0 Å². The van der Waals surface area contributed by atoms with Gasteiger partial charge in [-0.15, -0.1) is 0 Å². The van der Waals surface area contributed by atoms with Crippen molar-refractivity contribution >= 4 is 5.57 Å². The van der Waals surface area contributed by atoms with Gasteiger partial charge in [-0.2, -0.15) is 0 Å². The number of rotatable bonds is 5. The maximum atomic E-state index is 14.2. The van der Waals surface area contributed by atoms with Crippen molar-refractivity contribution in [2.45, 2.75) is 10.5 Å². The normalized spacial score (nSPS) is 15.1. The third-order valence-electron chi connectivity index (χ3n) is 4.49. The van der Waals surface area contributed by atoms with E-state index >= 15 is 0 Å². The number of para-hydroxylation sites is 2. The molecule has 5 heteroatoms. The predicted octanol–water partition coefficient (Wildman–Crippen LogP) is 6.03. The zero-order valence-electron chi connectivity index (χ0n) is 14.7. The van der Waals surface area contributed by atoms with Crippen molar-refractivity contribution in [1.82, 2.24) is 0 Å². The molecule has 0 saturated carbocycles. The first-order valence-corrected chi connectivity index (χ1v) is 12.1. The average molecular weight is 443 g/mol. The molecule has 0 radical (unpaired) electrons. The van der Waals surface area contributed by atoms with E-state index < -0.39 is 34.3 Å². The molecule has 27 heavy (non-hydrogen) atoms. The third kappa shape index (κ3) is 3.75. The number of fused-ring (bicyclic) bond motifs is 1. The summed E-state index contributed by atoms with van der Waals surface area (Å²) in [7, 11) is 0. The summed E-state index contributed by atoms with van der Waals surface area (Å²) < 4.78 is 40.4. The van der Waals surface area contributed by atoms with Crippen molar-refractivity contribution < 1.29 is 37.0 Å². The first-order chi connectivity index (χ1) is 13.1. The Bertz CT molecular complexity index is 955. The van der Waals surface area contributed by atoms with E-state index in [0.29, 0.717) is 0 Å². The van der Waals surface area contributed by atoms with Gasteiger partial charge >= 0.3 is 166 Å². The van der Waals surface area contributed by atoms with Crippen LogP contribution in [-0.2, 0) is 22.6 Å². The van der Waals surface area contributed by atoms with Gasteiger partial charge in [0, 0.05) is 0 Å². The van der Waals surface area contributed by atoms with E-state index in [2.05, 4.69) is 6.08 Å². The maximum absolute atomic E-state index is 14.2. The van der Waals surface area contributed by atoms with E-state index in [-0.39, 0.29) is 15.1 Å². The van der Waals surface area contributed by atoms with Gasteiger partial charge in [-0.1, -0.05) is 0 Å². The van der Waals surface area contributed by atoms with Gasteiger partial charge in [0.25, 0.3) is 0 Å². The van der Waals surface area contributed by atoms with Crippen molar-refractivity contribution in [2.24, 2.45) is 0 Å². The Balaban J connectivity index is 1.73. The molecule has 3 aromatic carbocycles. The fourth-order valence-corrected chi connectivity index (χ4v) is 7.97. The van der Waals surface area contributed by atoms with Crippen LogP contribution < -0.4 is 5.63 Å². The van der Waals surface area contributed by atoms with Crippen LogP contribution in [0.1, 0.15) is 21.7 Å². The summed E-state index contributed by atoms with van der Waals surface area (Å²) in [5, 5.41) is 0. The molecule has 0 saturated heterocycles. The van der Waals surface area contributed by atoms with Crippen LogP contribution in [0.3, 0.4) is 0 Å². The molecule has 0 amide bonds. The Kier molecular flexibility index (Phi) is 5.22. The molecule has 3 aromatic rings. The Hall–Kier alpha value is -2.26. The fraction of sp³-hybridized carbons (Fsp3) is 0.0909. The Morgan fingerprint density at radius 2 is 1.26 bits per heavy atom. The number of halogens is 2. The monoisotopic (exact) mass is 441 g/mol. The summed E-state index contributed by atoms with van der Waals surface area (Å²) in [6, 6.07) is 20.5. The van der Waals surface area contributed by atoms with Crippen LogP contribution >= 0.6 is 0 Å². The van der Waals surface area contributed by atoms with Crippen LogP contribution in [0.5, 0.6) is 11.5 Å². The van der Waals surface area contributed by atoms with Crippen molar-refractivity contribution in [3.63, 3.8) is 0 Å². The second-order valence-corrected chi connectivity index (χ2v) is 10.4. The van der Waals surface area contributed by atoms with Crippen molar-refractivity contribution in [3.8, 4) is 11.5 Å². The average Bonchev–Trinajstić information content (AvgIpc) is 3.02. The molecule has 0 heterocycles. The van der Waals surface area contributed by atoms with Gasteiger partial charge < -0.3 is 0 Å². The molecule has 0 bridgehead atoms. The number of benzene rings is 3. The van der Waals surface area contributed by atoms with Crippen LogP contribution in [0.25, 0.3) is 5.57 Å². The molecule has 2 nitrogen and oxygen atoms in total. The van der Waals surface area contributed by atoms with E-state index in [4.69, 9.17) is 5.63 Å². The Morgan fingerprint density at radius 1 is 0.741 bits per heavy atom. The Labute approximate surface area is 166 Å². The standard InChI is InChI=1S/C10H9.2C6H5FO.Zr/c1-8-6-7-9-4-2-3-5-10(8)9;2*7-5-3-1-2-4-6(5)8;/h2-7H,1H3;2*1-4,8H;/q;;;+2/p-2. The molecular formula is C22H17F2O2Zr. The summed E-state index contributed by atoms with van der Waals surface area (Å²) in [5.74, 6) is -0.586. The molecular weight excluding hydrogens is 425 g/mol. The van der Waals surface area contributed by atoms with Crippen molar-refractivity contribution in [2.75, 3.05) is 0 Å². The van der Waals surface area contributed by atoms with E-state index in [9.17, 15) is 8.78 Å². The molecule has 0 N–H and O–H groups in total. The minimum atomic E-state index is -3.34. The summed E-state index contributed by atoms with van der Waals surface area (Å²) in [6.45, 7) is 2.03. The zero-order chi connectivity index (χ0) is 18.8. The van der Waals surface area contributed by atoms with Gasteiger partial charge in [0.05, 0.1) is 0 Å². The molecule has 0 spiro atoms. The first-order valence-electron chi connectivity index (χ1n) is 8.63. The molecule has 4 rings (SSSR count). The second-order valence-electron chi connectivity index (χ2n) is 6.30. The van der Waals surface area contributed by atoms with Gasteiger partial charge in [-0.25, -0.2) is 0 Å². The topological polar surface area (TPSA) is 18.5 Å². The van der Waals surface area contributed by atoms with E-state index in [0.717, 1.165) is 16.7 Å². The summed E-state index contributed by atoms with van der Waals surface area (Å²) in [6.07, 6.45) is 2.10. The molecule has 0 aliphatic heterocycles. The van der Waals surface area contributed by atoms with Crippen molar-refractivity contribution in [1.29, 1.82) is 0 Å². The van der Waals surface area contributed by atoms with Crippen molar-refractivity contribution in [3.05, 3.63) is 102 Å². The summed E-state index contributed by atoms with van der Waals surface area (Å²) in [5.41, 5.74) is 3.36. The summed E-state index contributed by atoms with van der Waals surface area (Å²) >= 11 is -3.34. The molecule has 1 aliphatic rings. The van der Waals surface area contributed by atoms with Crippen LogP contribution in [0.15, 0.2) is 78.9 Å². The number of allylic oxidation sites excluding steroid dienone is 2. The van der Waals surface area contributed by atoms with Crippen LogP contribution in [0.4, 0.5) is 8.78 Å². The van der Waals surface area contributed by atoms with E-state index in [1.165, 1.54) is 12.1 Å². The van der Waals surface area contributed by atoms with E-state index in [1.54, 1.807) is 36.4 Å².